The van der Waals surface area contributed by atoms with E-state index in [4.69, 9.17) is 9.15 Å². The number of esters is 1. The molecule has 0 spiro atoms. The van der Waals surface area contributed by atoms with Crippen LogP contribution >= 0.6 is 0 Å². The Morgan fingerprint density at radius 2 is 2.10 bits per heavy atom. The first kappa shape index (κ1) is 21.0. The highest BCUT2D eigenvalue weighted by molar-refractivity contribution is 5.70. The van der Waals surface area contributed by atoms with Gasteiger partial charge in [0.2, 0.25) is 11.2 Å². The van der Waals surface area contributed by atoms with Gasteiger partial charge in [-0.3, -0.25) is 15.0 Å². The van der Waals surface area contributed by atoms with E-state index < -0.39 is 29.7 Å². The Kier molecular flexibility index (Phi) is 6.63. The molecule has 29 heavy (non-hydrogen) atoms. The van der Waals surface area contributed by atoms with Gasteiger partial charge in [0, 0.05) is 24.4 Å². The van der Waals surface area contributed by atoms with Crippen molar-refractivity contribution in [2.24, 2.45) is 5.92 Å². The van der Waals surface area contributed by atoms with E-state index in [1.807, 2.05) is 0 Å². The lowest BCUT2D eigenvalue weighted by Crippen LogP contribution is -2.27. The van der Waals surface area contributed by atoms with Crippen molar-refractivity contribution in [3.63, 3.8) is 0 Å². The number of hydrogen-bond donors (Lipinski definition) is 4. The molecule has 156 valence electrons. The normalized spacial score (nSPS) is 19.8. The molecule has 0 radical (unpaired) electrons. The van der Waals surface area contributed by atoms with E-state index in [9.17, 15) is 24.2 Å². The number of rotatable bonds is 7. The standard InChI is InChI=1S/C20H23FN2O6/c1-2-28-17(26)8-14(20-19(27)16(25)7-13(10-24)29-20)15-9-22-23-18(15)11-3-5-12(21)6-4-11/h3-7,14-15,18,22-24,27H,2,8-10H2,1H3. The van der Waals surface area contributed by atoms with Gasteiger partial charge in [0.05, 0.1) is 19.1 Å². The Bertz CT molecular complexity index is 914. The van der Waals surface area contributed by atoms with Crippen LogP contribution in [0, 0.1) is 11.7 Å². The van der Waals surface area contributed by atoms with Crippen molar-refractivity contribution in [2.45, 2.75) is 31.9 Å². The van der Waals surface area contributed by atoms with E-state index in [1.165, 1.54) is 12.1 Å². The van der Waals surface area contributed by atoms with Crippen molar-refractivity contribution in [1.29, 1.82) is 0 Å². The lowest BCUT2D eigenvalue weighted by atomic mass is 9.80. The molecule has 4 N–H and O–H groups in total. The van der Waals surface area contributed by atoms with Crippen molar-refractivity contribution >= 4 is 5.97 Å². The number of aromatic hydroxyl groups is 1. The summed E-state index contributed by atoms with van der Waals surface area (Å²) in [7, 11) is 0. The van der Waals surface area contributed by atoms with Crippen LogP contribution in [0.25, 0.3) is 0 Å². The average molecular weight is 406 g/mol. The molecular weight excluding hydrogens is 383 g/mol. The zero-order valence-corrected chi connectivity index (χ0v) is 15.9. The van der Waals surface area contributed by atoms with E-state index in [0.29, 0.717) is 6.54 Å². The molecule has 9 heteroatoms. The van der Waals surface area contributed by atoms with E-state index >= 15 is 0 Å². The molecule has 1 saturated heterocycles. The van der Waals surface area contributed by atoms with Gasteiger partial charge in [0.15, 0.2) is 5.76 Å². The van der Waals surface area contributed by atoms with Gasteiger partial charge in [0.25, 0.3) is 0 Å². The van der Waals surface area contributed by atoms with Crippen LogP contribution in [0.3, 0.4) is 0 Å². The Balaban J connectivity index is 2.03. The molecule has 1 fully saturated rings. The third kappa shape index (κ3) is 4.64. The number of hydrazine groups is 1. The fraction of sp³-hybridized carbons (Fsp3) is 0.400. The van der Waals surface area contributed by atoms with Gasteiger partial charge in [-0.2, -0.15) is 0 Å². The SMILES string of the molecule is CCOC(=O)CC(c1oc(CO)cc(=O)c1O)C1CNNC1c1ccc(F)cc1. The minimum Gasteiger partial charge on any atom is -0.502 e. The summed E-state index contributed by atoms with van der Waals surface area (Å²) in [6.45, 7) is 1.72. The van der Waals surface area contributed by atoms with Crippen LogP contribution in [-0.2, 0) is 16.1 Å². The third-order valence-corrected chi connectivity index (χ3v) is 4.95. The highest BCUT2D eigenvalue weighted by Crippen LogP contribution is 2.41. The molecule has 0 amide bonds. The second kappa shape index (κ2) is 9.17. The predicted octanol–water partition coefficient (Wildman–Crippen LogP) is 1.48. The van der Waals surface area contributed by atoms with Crippen molar-refractivity contribution in [3.05, 3.63) is 63.5 Å². The average Bonchev–Trinajstić information content (AvgIpc) is 3.18. The number of aliphatic hydroxyl groups is 1. The summed E-state index contributed by atoms with van der Waals surface area (Å²) in [6.07, 6.45) is -0.148. The highest BCUT2D eigenvalue weighted by atomic mass is 19.1. The Labute approximate surface area is 166 Å². The summed E-state index contributed by atoms with van der Waals surface area (Å²) in [5.41, 5.74) is 6.14. The maximum absolute atomic E-state index is 13.3. The van der Waals surface area contributed by atoms with Crippen molar-refractivity contribution in [1.82, 2.24) is 10.9 Å². The first-order chi connectivity index (χ1) is 13.9. The summed E-state index contributed by atoms with van der Waals surface area (Å²) in [6, 6.07) is 6.55. The molecule has 3 unspecified atom stereocenters. The molecule has 1 aromatic heterocycles. The molecule has 3 rings (SSSR count). The van der Waals surface area contributed by atoms with E-state index in [-0.39, 0.29) is 42.3 Å². The largest absolute Gasteiger partial charge is 0.502 e. The zero-order chi connectivity index (χ0) is 21.0. The topological polar surface area (TPSA) is 121 Å². The number of benzene rings is 1. The third-order valence-electron chi connectivity index (χ3n) is 4.95. The number of aliphatic hydroxyl groups excluding tert-OH is 1. The second-order valence-corrected chi connectivity index (χ2v) is 6.78. The number of carbonyl (C=O) groups excluding carboxylic acids is 1. The zero-order valence-electron chi connectivity index (χ0n) is 15.9. The molecule has 0 bridgehead atoms. The highest BCUT2D eigenvalue weighted by Gasteiger charge is 2.40. The lowest BCUT2D eigenvalue weighted by molar-refractivity contribution is -0.144. The van der Waals surface area contributed by atoms with Crippen LogP contribution in [0.4, 0.5) is 4.39 Å². The maximum Gasteiger partial charge on any atom is 0.306 e. The second-order valence-electron chi connectivity index (χ2n) is 6.78. The summed E-state index contributed by atoms with van der Waals surface area (Å²) in [4.78, 5) is 24.4. The molecule has 1 aliphatic rings. The Morgan fingerprint density at radius 3 is 2.76 bits per heavy atom. The number of ether oxygens (including phenoxy) is 1. The number of hydrogen-bond acceptors (Lipinski definition) is 8. The van der Waals surface area contributed by atoms with Gasteiger partial charge >= 0.3 is 5.97 Å². The van der Waals surface area contributed by atoms with Crippen molar-refractivity contribution in [2.75, 3.05) is 13.2 Å². The Hall–Kier alpha value is -2.75. The van der Waals surface area contributed by atoms with Crippen molar-refractivity contribution < 1.29 is 28.6 Å². The van der Waals surface area contributed by atoms with Gasteiger partial charge in [-0.05, 0) is 24.6 Å². The summed E-state index contributed by atoms with van der Waals surface area (Å²) >= 11 is 0. The summed E-state index contributed by atoms with van der Waals surface area (Å²) in [5.74, 6) is -2.68. The lowest BCUT2D eigenvalue weighted by Gasteiger charge is -2.27. The molecule has 3 atom stereocenters. The van der Waals surface area contributed by atoms with Gasteiger partial charge in [-0.25, -0.2) is 9.82 Å². The van der Waals surface area contributed by atoms with Gasteiger partial charge in [-0.15, -0.1) is 0 Å². The first-order valence-corrected chi connectivity index (χ1v) is 9.30. The number of nitrogens with one attached hydrogen (secondary N) is 2. The molecule has 1 aromatic carbocycles. The first-order valence-electron chi connectivity index (χ1n) is 9.30. The van der Waals surface area contributed by atoms with Gasteiger partial charge in [0.1, 0.15) is 18.2 Å². The van der Waals surface area contributed by atoms with Crippen LogP contribution < -0.4 is 16.3 Å². The minimum atomic E-state index is -0.731. The van der Waals surface area contributed by atoms with Crippen LogP contribution in [0.2, 0.25) is 0 Å². The van der Waals surface area contributed by atoms with Crippen LogP contribution in [0.5, 0.6) is 5.75 Å². The molecule has 2 aromatic rings. The molecule has 0 aliphatic carbocycles. The predicted molar refractivity (Wildman–Crippen MR) is 100 cm³/mol. The maximum atomic E-state index is 13.3. The van der Waals surface area contributed by atoms with E-state index in [2.05, 4.69) is 10.9 Å². The number of carbonyl (C=O) groups is 1. The van der Waals surface area contributed by atoms with Gasteiger partial charge < -0.3 is 19.4 Å². The Morgan fingerprint density at radius 1 is 1.38 bits per heavy atom. The summed E-state index contributed by atoms with van der Waals surface area (Å²) in [5, 5.41) is 19.7. The molecule has 2 heterocycles. The van der Waals surface area contributed by atoms with Crippen molar-refractivity contribution in [3.8, 4) is 5.75 Å². The minimum absolute atomic E-state index is 0.0195. The monoisotopic (exact) mass is 406 g/mol. The molecular formula is C20H23FN2O6. The quantitative estimate of drug-likeness (QED) is 0.510. The molecule has 8 nitrogen and oxygen atoms in total. The molecule has 1 aliphatic heterocycles. The van der Waals surface area contributed by atoms with E-state index in [0.717, 1.165) is 11.6 Å². The fourth-order valence-corrected chi connectivity index (χ4v) is 3.61. The fourth-order valence-electron chi connectivity index (χ4n) is 3.61. The smallest absolute Gasteiger partial charge is 0.306 e. The number of halogens is 1. The van der Waals surface area contributed by atoms with Crippen LogP contribution in [-0.4, -0.2) is 29.3 Å². The molecule has 0 saturated carbocycles. The van der Waals surface area contributed by atoms with Crippen LogP contribution in [0.1, 0.15) is 42.4 Å². The summed E-state index contributed by atoms with van der Waals surface area (Å²) < 4.78 is 24.0. The van der Waals surface area contributed by atoms with Gasteiger partial charge in [-0.1, -0.05) is 12.1 Å². The van der Waals surface area contributed by atoms with E-state index in [1.54, 1.807) is 19.1 Å². The van der Waals surface area contributed by atoms with Crippen LogP contribution in [0.15, 0.2) is 39.5 Å².